The van der Waals surface area contributed by atoms with Crippen LogP contribution in [0.2, 0.25) is 0 Å². The molecule has 0 aromatic heterocycles. The number of benzene rings is 1. The molecule has 2 amide bonds. The largest absolute Gasteiger partial charge is 0.369 e. The lowest BCUT2D eigenvalue weighted by molar-refractivity contribution is -0.136. The van der Waals surface area contributed by atoms with Crippen molar-refractivity contribution in [3.05, 3.63) is 35.1 Å². The van der Waals surface area contributed by atoms with Gasteiger partial charge in [-0.2, -0.15) is 0 Å². The van der Waals surface area contributed by atoms with E-state index >= 15 is 0 Å². The van der Waals surface area contributed by atoms with Crippen LogP contribution in [0.15, 0.2) is 18.2 Å². The van der Waals surface area contributed by atoms with Crippen LogP contribution < -0.4 is 11.1 Å². The van der Waals surface area contributed by atoms with Gasteiger partial charge in [0.05, 0.1) is 6.04 Å². The number of carbonyl (C=O) groups is 2. The number of nitrogens with two attached hydrogens (primary N) is 1. The van der Waals surface area contributed by atoms with Gasteiger partial charge in [-0.15, -0.1) is 0 Å². The van der Waals surface area contributed by atoms with Crippen LogP contribution in [0, 0.1) is 24.6 Å². The van der Waals surface area contributed by atoms with E-state index in [1.54, 1.807) is 6.92 Å². The van der Waals surface area contributed by atoms with Gasteiger partial charge in [0.1, 0.15) is 5.82 Å². The zero-order valence-corrected chi connectivity index (χ0v) is 15.5. The van der Waals surface area contributed by atoms with E-state index in [0.717, 1.165) is 18.4 Å². The summed E-state index contributed by atoms with van der Waals surface area (Å²) in [6.45, 7) is 4.79. The van der Waals surface area contributed by atoms with Crippen LogP contribution >= 0.6 is 0 Å². The van der Waals surface area contributed by atoms with Crippen molar-refractivity contribution in [3.63, 3.8) is 0 Å². The van der Waals surface area contributed by atoms with E-state index in [9.17, 15) is 14.0 Å². The van der Waals surface area contributed by atoms with Crippen molar-refractivity contribution < 1.29 is 14.0 Å². The van der Waals surface area contributed by atoms with Gasteiger partial charge in [0.15, 0.2) is 0 Å². The average Bonchev–Trinajstić information content (AvgIpc) is 3.46. The highest BCUT2D eigenvalue weighted by Crippen LogP contribution is 2.41. The molecule has 1 aromatic carbocycles. The summed E-state index contributed by atoms with van der Waals surface area (Å²) in [4.78, 5) is 25.9. The highest BCUT2D eigenvalue weighted by atomic mass is 19.1. The zero-order chi connectivity index (χ0) is 18.8. The highest BCUT2D eigenvalue weighted by Gasteiger charge is 2.35. The highest BCUT2D eigenvalue weighted by molar-refractivity contribution is 5.82. The summed E-state index contributed by atoms with van der Waals surface area (Å²) in [5, 5.41) is 3.47. The maximum atomic E-state index is 13.6. The molecule has 2 unspecified atom stereocenters. The molecule has 1 aromatic rings. The Labute approximate surface area is 154 Å². The number of hydrogen-bond donors (Lipinski definition) is 2. The second-order valence-corrected chi connectivity index (χ2v) is 7.71. The summed E-state index contributed by atoms with van der Waals surface area (Å²) in [6.07, 6.45) is 3.52. The van der Waals surface area contributed by atoms with Gasteiger partial charge in [-0.25, -0.2) is 4.39 Å². The van der Waals surface area contributed by atoms with E-state index in [0.29, 0.717) is 37.4 Å². The van der Waals surface area contributed by atoms with Crippen LogP contribution in [0.1, 0.15) is 49.8 Å². The summed E-state index contributed by atoms with van der Waals surface area (Å²) in [6, 6.07) is 4.94. The quantitative estimate of drug-likeness (QED) is 0.816. The van der Waals surface area contributed by atoms with Crippen molar-refractivity contribution >= 4 is 11.8 Å². The van der Waals surface area contributed by atoms with E-state index < -0.39 is 0 Å². The smallest absolute Gasteiger partial charge is 0.239 e. The Morgan fingerprint density at radius 1 is 1.23 bits per heavy atom. The van der Waals surface area contributed by atoms with Gasteiger partial charge in [0.2, 0.25) is 11.8 Å². The molecule has 2 aliphatic rings. The maximum Gasteiger partial charge on any atom is 0.239 e. The molecule has 1 saturated heterocycles. The van der Waals surface area contributed by atoms with Crippen LogP contribution in [0.3, 0.4) is 0 Å². The number of hydrogen-bond acceptors (Lipinski definition) is 3. The molecule has 5 nitrogen and oxygen atoms in total. The number of likely N-dealkylation sites (tertiary alicyclic amines) is 1. The van der Waals surface area contributed by atoms with Crippen LogP contribution in [-0.4, -0.2) is 35.8 Å². The lowest BCUT2D eigenvalue weighted by Gasteiger charge is -2.33. The SMILES string of the molecule is Cc1cc(C(NC(C)C(=O)N2CCC(C(N)=O)CC2)C2CC2)ccc1F. The third-order valence-corrected chi connectivity index (χ3v) is 5.64. The first-order chi connectivity index (χ1) is 12.4. The Bertz CT molecular complexity index is 682. The van der Waals surface area contributed by atoms with Crippen molar-refractivity contribution in [2.45, 2.75) is 51.6 Å². The summed E-state index contributed by atoms with van der Waals surface area (Å²) >= 11 is 0. The molecule has 1 aliphatic heterocycles. The van der Waals surface area contributed by atoms with Gasteiger partial charge in [0.25, 0.3) is 0 Å². The van der Waals surface area contributed by atoms with Crippen LogP contribution in [0.25, 0.3) is 0 Å². The monoisotopic (exact) mass is 361 g/mol. The number of piperidine rings is 1. The van der Waals surface area contributed by atoms with Crippen molar-refractivity contribution in [1.82, 2.24) is 10.2 Å². The fourth-order valence-electron chi connectivity index (χ4n) is 3.79. The number of rotatable bonds is 6. The molecule has 0 spiro atoms. The standard InChI is InChI=1S/C20H28FN3O2/c1-12-11-16(5-6-17(12)21)18(14-3-4-14)23-13(2)20(26)24-9-7-15(8-10-24)19(22)25/h5-6,11,13-15,18,23H,3-4,7-10H2,1-2H3,(H2,22,25). The van der Waals surface area contributed by atoms with Gasteiger partial charge < -0.3 is 10.6 Å². The van der Waals surface area contributed by atoms with E-state index in [1.807, 2.05) is 24.0 Å². The molecule has 1 heterocycles. The molecule has 3 rings (SSSR count). The number of nitrogens with one attached hydrogen (secondary N) is 1. The van der Waals surface area contributed by atoms with Gasteiger partial charge in [-0.3, -0.25) is 14.9 Å². The van der Waals surface area contributed by atoms with Crippen molar-refractivity contribution in [2.75, 3.05) is 13.1 Å². The summed E-state index contributed by atoms with van der Waals surface area (Å²) in [5.74, 6) is -0.0506. The Morgan fingerprint density at radius 2 is 1.88 bits per heavy atom. The van der Waals surface area contributed by atoms with Gasteiger partial charge in [0, 0.05) is 25.0 Å². The van der Waals surface area contributed by atoms with Crippen molar-refractivity contribution in [1.29, 1.82) is 0 Å². The molecule has 0 bridgehead atoms. The van der Waals surface area contributed by atoms with Gasteiger partial charge in [-0.05, 0) is 62.6 Å². The van der Waals surface area contributed by atoms with Crippen LogP contribution in [0.4, 0.5) is 4.39 Å². The van der Waals surface area contributed by atoms with Gasteiger partial charge in [-0.1, -0.05) is 12.1 Å². The molecule has 3 N–H and O–H groups in total. The zero-order valence-electron chi connectivity index (χ0n) is 15.5. The average molecular weight is 361 g/mol. The topological polar surface area (TPSA) is 75.4 Å². The Hall–Kier alpha value is -1.95. The minimum absolute atomic E-state index is 0.0532. The molecule has 2 fully saturated rings. The minimum atomic E-state index is -0.323. The minimum Gasteiger partial charge on any atom is -0.369 e. The summed E-state index contributed by atoms with van der Waals surface area (Å²) in [7, 11) is 0. The number of aryl methyl sites for hydroxylation is 1. The van der Waals surface area contributed by atoms with E-state index in [-0.39, 0.29) is 35.6 Å². The molecule has 26 heavy (non-hydrogen) atoms. The van der Waals surface area contributed by atoms with Crippen LogP contribution in [-0.2, 0) is 9.59 Å². The number of carbonyl (C=O) groups excluding carboxylic acids is 2. The van der Waals surface area contributed by atoms with Gasteiger partial charge >= 0.3 is 0 Å². The van der Waals surface area contributed by atoms with E-state index in [1.165, 1.54) is 6.07 Å². The van der Waals surface area contributed by atoms with Crippen LogP contribution in [0.5, 0.6) is 0 Å². The predicted octanol–water partition coefficient (Wildman–Crippen LogP) is 2.29. The number of nitrogens with zero attached hydrogens (tertiary/aromatic N) is 1. The molecular weight excluding hydrogens is 333 g/mol. The third-order valence-electron chi connectivity index (χ3n) is 5.64. The lowest BCUT2D eigenvalue weighted by atomic mass is 9.95. The first-order valence-corrected chi connectivity index (χ1v) is 9.47. The molecule has 6 heteroatoms. The summed E-state index contributed by atoms with van der Waals surface area (Å²) in [5.41, 5.74) is 7.03. The Morgan fingerprint density at radius 3 is 2.42 bits per heavy atom. The molecule has 142 valence electrons. The van der Waals surface area contributed by atoms with Crippen molar-refractivity contribution in [2.24, 2.45) is 17.6 Å². The molecular formula is C20H28FN3O2. The molecule has 1 aliphatic carbocycles. The van der Waals surface area contributed by atoms with Crippen molar-refractivity contribution in [3.8, 4) is 0 Å². The Kier molecular flexibility index (Phi) is 5.61. The fourth-order valence-corrected chi connectivity index (χ4v) is 3.79. The first-order valence-electron chi connectivity index (χ1n) is 9.47. The molecule has 1 saturated carbocycles. The predicted molar refractivity (Wildman–Crippen MR) is 97.7 cm³/mol. The first kappa shape index (κ1) is 18.8. The number of halogens is 1. The Balaban J connectivity index is 1.63. The molecule has 0 radical (unpaired) electrons. The summed E-state index contributed by atoms with van der Waals surface area (Å²) < 4.78 is 13.6. The number of primary amides is 1. The van der Waals surface area contributed by atoms with E-state index in [2.05, 4.69) is 5.32 Å². The lowest BCUT2D eigenvalue weighted by Crippen LogP contribution is -2.50. The number of amides is 2. The normalized spacial score (nSPS) is 20.7. The second-order valence-electron chi connectivity index (χ2n) is 7.71. The third kappa shape index (κ3) is 4.23. The fraction of sp³-hybridized carbons (Fsp3) is 0.600. The molecule has 2 atom stereocenters. The maximum absolute atomic E-state index is 13.6. The van der Waals surface area contributed by atoms with E-state index in [4.69, 9.17) is 5.73 Å². The second kappa shape index (κ2) is 7.74.